The molecule has 0 unspecified atom stereocenters. The van der Waals surface area contributed by atoms with Crippen LogP contribution in [-0.4, -0.2) is 15.2 Å². The summed E-state index contributed by atoms with van der Waals surface area (Å²) in [5.74, 6) is 0.105. The Bertz CT molecular complexity index is 424. The maximum Gasteiger partial charge on any atom is 0.194 e. The number of hydrogen-bond acceptors (Lipinski definition) is 3. The van der Waals surface area contributed by atoms with E-state index in [1.807, 2.05) is 16.8 Å². The highest BCUT2D eigenvalue weighted by atomic mass is 32.1. The normalized spacial score (nSPS) is 10.9. The second-order valence-electron chi connectivity index (χ2n) is 2.93. The molecule has 0 N–H and O–H groups in total. The van der Waals surface area contributed by atoms with E-state index < -0.39 is 0 Å². The van der Waals surface area contributed by atoms with E-state index in [1.165, 1.54) is 11.3 Å². The Balaban J connectivity index is 2.54. The van der Waals surface area contributed by atoms with Gasteiger partial charge in [0.15, 0.2) is 10.7 Å². The molecule has 0 spiro atoms. The molecule has 2 aromatic heterocycles. The van der Waals surface area contributed by atoms with E-state index in [9.17, 15) is 4.79 Å². The van der Waals surface area contributed by atoms with Gasteiger partial charge < -0.3 is 0 Å². The number of carbonyl (C=O) groups is 1. The Labute approximate surface area is 80.0 Å². The van der Waals surface area contributed by atoms with Gasteiger partial charge in [-0.3, -0.25) is 9.20 Å². The SMILES string of the molecule is CCc1cn2cc(C(C)=O)sc2n1. The van der Waals surface area contributed by atoms with Crippen LogP contribution in [0, 0.1) is 0 Å². The number of fused-ring (bicyclic) bond motifs is 1. The summed E-state index contributed by atoms with van der Waals surface area (Å²) in [5, 5.41) is 0. The lowest BCUT2D eigenvalue weighted by Gasteiger charge is -1.83. The van der Waals surface area contributed by atoms with Crippen LogP contribution >= 0.6 is 11.3 Å². The third kappa shape index (κ3) is 1.37. The Morgan fingerprint density at radius 1 is 1.62 bits per heavy atom. The Morgan fingerprint density at radius 2 is 2.38 bits per heavy atom. The smallest absolute Gasteiger partial charge is 0.194 e. The van der Waals surface area contributed by atoms with Gasteiger partial charge in [0, 0.05) is 19.3 Å². The molecular weight excluding hydrogens is 184 g/mol. The van der Waals surface area contributed by atoms with E-state index in [1.54, 1.807) is 6.92 Å². The molecule has 0 fully saturated rings. The number of imidazole rings is 1. The maximum atomic E-state index is 11.0. The summed E-state index contributed by atoms with van der Waals surface area (Å²) in [6.45, 7) is 3.64. The van der Waals surface area contributed by atoms with E-state index in [2.05, 4.69) is 11.9 Å². The predicted molar refractivity (Wildman–Crippen MR) is 52.5 cm³/mol. The lowest BCUT2D eigenvalue weighted by Crippen LogP contribution is -1.85. The molecule has 0 amide bonds. The summed E-state index contributed by atoms with van der Waals surface area (Å²) >= 11 is 1.44. The number of carbonyl (C=O) groups excluding carboxylic acids is 1. The number of nitrogens with zero attached hydrogens (tertiary/aromatic N) is 2. The molecule has 68 valence electrons. The second kappa shape index (κ2) is 2.96. The van der Waals surface area contributed by atoms with E-state index in [0.29, 0.717) is 0 Å². The van der Waals surface area contributed by atoms with Crippen molar-refractivity contribution in [1.29, 1.82) is 0 Å². The van der Waals surface area contributed by atoms with Crippen molar-refractivity contribution in [3.63, 3.8) is 0 Å². The van der Waals surface area contributed by atoms with Gasteiger partial charge in [0.25, 0.3) is 0 Å². The van der Waals surface area contributed by atoms with Gasteiger partial charge in [-0.05, 0) is 6.42 Å². The first-order valence-corrected chi connectivity index (χ1v) is 5.00. The topological polar surface area (TPSA) is 34.4 Å². The van der Waals surface area contributed by atoms with Crippen LogP contribution in [-0.2, 0) is 6.42 Å². The lowest BCUT2D eigenvalue weighted by molar-refractivity contribution is 0.102. The molecule has 0 radical (unpaired) electrons. The Hall–Kier alpha value is -1.16. The molecule has 4 heteroatoms. The maximum absolute atomic E-state index is 11.0. The minimum Gasteiger partial charge on any atom is -0.297 e. The number of ketones is 1. The van der Waals surface area contributed by atoms with Gasteiger partial charge in [-0.1, -0.05) is 18.3 Å². The van der Waals surface area contributed by atoms with Crippen molar-refractivity contribution in [3.05, 3.63) is 23.0 Å². The number of hydrogen-bond donors (Lipinski definition) is 0. The number of Topliss-reactive ketones (excluding diaryl/α,β-unsaturated/α-hetero) is 1. The number of aryl methyl sites for hydroxylation is 1. The molecule has 0 saturated heterocycles. The number of aromatic nitrogens is 2. The molecule has 3 nitrogen and oxygen atoms in total. The van der Waals surface area contributed by atoms with Gasteiger partial charge in [0.1, 0.15) is 0 Å². The average molecular weight is 194 g/mol. The summed E-state index contributed by atoms with van der Waals surface area (Å²) in [6, 6.07) is 0. The third-order valence-electron chi connectivity index (χ3n) is 1.92. The van der Waals surface area contributed by atoms with Crippen molar-refractivity contribution >= 4 is 22.1 Å². The zero-order valence-electron chi connectivity index (χ0n) is 7.57. The van der Waals surface area contributed by atoms with Crippen molar-refractivity contribution in [3.8, 4) is 0 Å². The van der Waals surface area contributed by atoms with E-state index in [-0.39, 0.29) is 5.78 Å². The highest BCUT2D eigenvalue weighted by Crippen LogP contribution is 2.18. The van der Waals surface area contributed by atoms with Crippen LogP contribution < -0.4 is 0 Å². The van der Waals surface area contributed by atoms with Crippen molar-refractivity contribution in [2.45, 2.75) is 20.3 Å². The van der Waals surface area contributed by atoms with Crippen molar-refractivity contribution < 1.29 is 4.79 Å². The van der Waals surface area contributed by atoms with E-state index >= 15 is 0 Å². The van der Waals surface area contributed by atoms with Crippen molar-refractivity contribution in [2.75, 3.05) is 0 Å². The van der Waals surface area contributed by atoms with Crippen LogP contribution in [0.25, 0.3) is 4.96 Å². The van der Waals surface area contributed by atoms with Crippen molar-refractivity contribution in [1.82, 2.24) is 9.38 Å². The predicted octanol–water partition coefficient (Wildman–Crippen LogP) is 2.16. The zero-order valence-corrected chi connectivity index (χ0v) is 8.39. The first kappa shape index (κ1) is 8.44. The van der Waals surface area contributed by atoms with Gasteiger partial charge in [-0.25, -0.2) is 4.98 Å². The lowest BCUT2D eigenvalue weighted by atomic mass is 10.4. The standard InChI is InChI=1S/C9H10N2OS/c1-3-7-4-11-5-8(6(2)12)13-9(11)10-7/h4-5H,3H2,1-2H3. The average Bonchev–Trinajstić information content (AvgIpc) is 2.58. The molecule has 2 aromatic rings. The summed E-state index contributed by atoms with van der Waals surface area (Å²) in [7, 11) is 0. The molecular formula is C9H10N2OS. The summed E-state index contributed by atoms with van der Waals surface area (Å²) in [5.41, 5.74) is 1.07. The highest BCUT2D eigenvalue weighted by molar-refractivity contribution is 7.18. The molecule has 0 saturated carbocycles. The first-order chi connectivity index (χ1) is 6.20. The van der Waals surface area contributed by atoms with Crippen LogP contribution in [0.3, 0.4) is 0 Å². The molecule has 0 aliphatic heterocycles. The van der Waals surface area contributed by atoms with Gasteiger partial charge in [0.05, 0.1) is 10.6 Å². The van der Waals surface area contributed by atoms with Gasteiger partial charge in [0.2, 0.25) is 0 Å². The monoisotopic (exact) mass is 194 g/mol. The molecule has 0 aromatic carbocycles. The van der Waals surface area contributed by atoms with Crippen LogP contribution in [0.5, 0.6) is 0 Å². The number of rotatable bonds is 2. The summed E-state index contributed by atoms with van der Waals surface area (Å²) < 4.78 is 1.92. The molecule has 0 bridgehead atoms. The van der Waals surface area contributed by atoms with Crippen LogP contribution in [0.4, 0.5) is 0 Å². The molecule has 13 heavy (non-hydrogen) atoms. The summed E-state index contributed by atoms with van der Waals surface area (Å²) in [4.78, 5) is 17.1. The van der Waals surface area contributed by atoms with Crippen LogP contribution in [0.15, 0.2) is 12.4 Å². The molecule has 0 atom stereocenters. The highest BCUT2D eigenvalue weighted by Gasteiger charge is 2.07. The largest absolute Gasteiger partial charge is 0.297 e. The van der Waals surface area contributed by atoms with Gasteiger partial charge >= 0.3 is 0 Å². The molecule has 0 aliphatic rings. The van der Waals surface area contributed by atoms with E-state index in [0.717, 1.165) is 22.0 Å². The Kier molecular flexibility index (Phi) is 1.92. The van der Waals surface area contributed by atoms with Crippen LogP contribution in [0.1, 0.15) is 29.2 Å². The second-order valence-corrected chi connectivity index (χ2v) is 3.94. The van der Waals surface area contributed by atoms with Crippen LogP contribution in [0.2, 0.25) is 0 Å². The fourth-order valence-electron chi connectivity index (χ4n) is 1.18. The fourth-order valence-corrected chi connectivity index (χ4v) is 2.06. The minimum absolute atomic E-state index is 0.105. The zero-order chi connectivity index (χ0) is 9.42. The quantitative estimate of drug-likeness (QED) is 0.686. The fraction of sp³-hybridized carbons (Fsp3) is 0.333. The molecule has 2 heterocycles. The third-order valence-corrected chi connectivity index (χ3v) is 3.01. The molecule has 0 aliphatic carbocycles. The van der Waals surface area contributed by atoms with Gasteiger partial charge in [-0.2, -0.15) is 0 Å². The molecule has 2 rings (SSSR count). The van der Waals surface area contributed by atoms with E-state index in [4.69, 9.17) is 0 Å². The first-order valence-electron chi connectivity index (χ1n) is 4.19. The summed E-state index contributed by atoms with van der Waals surface area (Å²) in [6.07, 6.45) is 4.75. The van der Waals surface area contributed by atoms with Gasteiger partial charge in [-0.15, -0.1) is 0 Å². The van der Waals surface area contributed by atoms with Crippen molar-refractivity contribution in [2.24, 2.45) is 0 Å². The number of thiazole rings is 1. The minimum atomic E-state index is 0.105. The Morgan fingerprint density at radius 3 is 2.92 bits per heavy atom.